The van der Waals surface area contributed by atoms with Gasteiger partial charge in [-0.15, -0.1) is 0 Å². The highest BCUT2D eigenvalue weighted by molar-refractivity contribution is 9.10. The summed E-state index contributed by atoms with van der Waals surface area (Å²) in [7, 11) is 0. The van der Waals surface area contributed by atoms with Crippen LogP contribution in [0, 0.1) is 0 Å². The third-order valence-corrected chi connectivity index (χ3v) is 6.01. The van der Waals surface area contributed by atoms with Gasteiger partial charge in [-0.05, 0) is 48.0 Å². The Kier molecular flexibility index (Phi) is 4.64. The number of fused-ring (bicyclic) bond motifs is 3. The minimum Gasteiger partial charge on any atom is -0.461 e. The lowest BCUT2D eigenvalue weighted by Crippen LogP contribution is -2.45. The molecule has 0 unspecified atom stereocenters. The van der Waals surface area contributed by atoms with Gasteiger partial charge in [0.25, 0.3) is 6.23 Å². The van der Waals surface area contributed by atoms with Gasteiger partial charge >= 0.3 is 0 Å². The van der Waals surface area contributed by atoms with Gasteiger partial charge in [-0.2, -0.15) is 5.10 Å². The smallest absolute Gasteiger partial charge is 0.251 e. The largest absolute Gasteiger partial charge is 0.461 e. The van der Waals surface area contributed by atoms with E-state index in [1.165, 1.54) is 0 Å². The van der Waals surface area contributed by atoms with E-state index in [9.17, 15) is 4.79 Å². The number of hydrogen-bond acceptors (Lipinski definition) is 4. The lowest BCUT2D eigenvalue weighted by Gasteiger charge is -2.37. The molecule has 0 fully saturated rings. The Bertz CT molecular complexity index is 1110. The molecule has 0 saturated heterocycles. The summed E-state index contributed by atoms with van der Waals surface area (Å²) >= 11 is 9.45. The second kappa shape index (κ2) is 7.32. The minimum absolute atomic E-state index is 0.0418. The van der Waals surface area contributed by atoms with E-state index in [2.05, 4.69) is 15.9 Å². The van der Waals surface area contributed by atoms with Crippen LogP contribution in [0.5, 0.6) is 5.75 Å². The fourth-order valence-corrected chi connectivity index (χ4v) is 4.17. The van der Waals surface area contributed by atoms with Crippen LogP contribution in [0.2, 0.25) is 5.02 Å². The number of hydrazone groups is 1. The van der Waals surface area contributed by atoms with E-state index < -0.39 is 6.23 Å². The summed E-state index contributed by atoms with van der Waals surface area (Å²) in [5.41, 5.74) is 3.57. The van der Waals surface area contributed by atoms with Gasteiger partial charge in [0, 0.05) is 27.0 Å². The van der Waals surface area contributed by atoms with Crippen molar-refractivity contribution in [3.05, 3.63) is 99.0 Å². The Hall–Kier alpha value is -2.63. The first-order chi connectivity index (χ1) is 14.1. The summed E-state index contributed by atoms with van der Waals surface area (Å²) in [5.74, 6) is 0.593. The Morgan fingerprint density at radius 3 is 2.52 bits per heavy atom. The first-order valence-electron chi connectivity index (χ1n) is 9.27. The van der Waals surface area contributed by atoms with Crippen molar-refractivity contribution < 1.29 is 9.53 Å². The van der Waals surface area contributed by atoms with Crippen molar-refractivity contribution in [3.8, 4) is 5.75 Å². The molecule has 3 aromatic rings. The molecule has 5 rings (SSSR count). The molecule has 0 radical (unpaired) electrons. The van der Waals surface area contributed by atoms with E-state index in [0.717, 1.165) is 27.1 Å². The Morgan fingerprint density at radius 1 is 1.03 bits per heavy atom. The first-order valence-corrected chi connectivity index (χ1v) is 10.4. The van der Waals surface area contributed by atoms with Gasteiger partial charge in [0.2, 0.25) is 5.78 Å². The molecule has 0 saturated carbocycles. The van der Waals surface area contributed by atoms with Gasteiger partial charge in [-0.3, -0.25) is 4.79 Å². The van der Waals surface area contributed by atoms with Crippen LogP contribution in [-0.2, 0) is 0 Å². The second-order valence-corrected chi connectivity index (χ2v) is 8.38. The standard InChI is InChI=1S/C23H16BrClN2O2/c24-16-9-5-14(6-10-16)19-13-20-18-3-1-2-4-21(18)29-23(27(20)26-19)22(28)15-7-11-17(25)12-8-15/h1-12,20,23H,13H2/t20-,23+/m0/s1. The summed E-state index contributed by atoms with van der Waals surface area (Å²) in [6, 6.07) is 22.7. The first kappa shape index (κ1) is 18.4. The van der Waals surface area contributed by atoms with E-state index in [0.29, 0.717) is 17.0 Å². The van der Waals surface area contributed by atoms with Gasteiger partial charge in [0.1, 0.15) is 5.75 Å². The fourth-order valence-electron chi connectivity index (χ4n) is 3.78. The van der Waals surface area contributed by atoms with Crippen LogP contribution in [0.4, 0.5) is 0 Å². The molecule has 0 spiro atoms. The van der Waals surface area contributed by atoms with E-state index in [1.54, 1.807) is 29.3 Å². The monoisotopic (exact) mass is 466 g/mol. The lowest BCUT2D eigenvalue weighted by atomic mass is 9.96. The SMILES string of the molecule is O=C(c1ccc(Cl)cc1)[C@H]1Oc2ccccc2[C@@H]2CC(c3ccc(Br)cc3)=NN12. The second-order valence-electron chi connectivity index (χ2n) is 7.03. The maximum absolute atomic E-state index is 13.3. The number of Topliss-reactive ketones (excluding diaryl/α,β-unsaturated/α-hetero) is 1. The maximum atomic E-state index is 13.3. The molecule has 2 heterocycles. The highest BCUT2D eigenvalue weighted by atomic mass is 79.9. The van der Waals surface area contributed by atoms with Crippen molar-refractivity contribution in [3.63, 3.8) is 0 Å². The number of ketones is 1. The third kappa shape index (κ3) is 3.34. The molecule has 29 heavy (non-hydrogen) atoms. The summed E-state index contributed by atoms with van der Waals surface area (Å²) in [6.07, 6.45) is -0.101. The highest BCUT2D eigenvalue weighted by Crippen LogP contribution is 2.43. The number of benzene rings is 3. The third-order valence-electron chi connectivity index (χ3n) is 5.23. The van der Waals surface area contributed by atoms with Gasteiger partial charge in [-0.1, -0.05) is 57.9 Å². The lowest BCUT2D eigenvalue weighted by molar-refractivity contribution is -0.00455. The molecular weight excluding hydrogens is 452 g/mol. The summed E-state index contributed by atoms with van der Waals surface area (Å²) in [6.45, 7) is 0. The number of ether oxygens (including phenoxy) is 1. The zero-order valence-electron chi connectivity index (χ0n) is 15.3. The highest BCUT2D eigenvalue weighted by Gasteiger charge is 2.43. The molecule has 2 atom stereocenters. The number of para-hydroxylation sites is 1. The number of nitrogens with zero attached hydrogens (tertiary/aromatic N) is 2. The molecule has 144 valence electrons. The average Bonchev–Trinajstić information content (AvgIpc) is 3.19. The van der Waals surface area contributed by atoms with Crippen LogP contribution in [-0.4, -0.2) is 22.7 Å². The Morgan fingerprint density at radius 2 is 1.76 bits per heavy atom. The van der Waals surface area contributed by atoms with Gasteiger partial charge in [0.15, 0.2) is 0 Å². The van der Waals surface area contributed by atoms with Crippen LogP contribution in [0.3, 0.4) is 0 Å². The molecule has 0 aliphatic carbocycles. The minimum atomic E-state index is -0.816. The number of carbonyl (C=O) groups is 1. The number of halogens is 2. The van der Waals surface area contributed by atoms with Crippen molar-refractivity contribution in [1.82, 2.24) is 5.01 Å². The molecule has 2 aliphatic heterocycles. The molecule has 6 heteroatoms. The van der Waals surface area contributed by atoms with Crippen LogP contribution in [0.15, 0.2) is 82.4 Å². The molecule has 3 aromatic carbocycles. The Labute approximate surface area is 181 Å². The van der Waals surface area contributed by atoms with Crippen molar-refractivity contribution >= 4 is 39.0 Å². The van der Waals surface area contributed by atoms with Crippen LogP contribution in [0.1, 0.15) is 33.9 Å². The average molecular weight is 468 g/mol. The number of rotatable bonds is 3. The molecule has 0 N–H and O–H groups in total. The van der Waals surface area contributed by atoms with E-state index in [-0.39, 0.29) is 11.8 Å². The summed E-state index contributed by atoms with van der Waals surface area (Å²) in [4.78, 5) is 13.3. The van der Waals surface area contributed by atoms with E-state index in [1.807, 2.05) is 48.5 Å². The fraction of sp³-hybridized carbons (Fsp3) is 0.130. The molecule has 4 nitrogen and oxygen atoms in total. The normalized spacial score (nSPS) is 19.8. The van der Waals surface area contributed by atoms with Crippen LogP contribution < -0.4 is 4.74 Å². The molecule has 0 bridgehead atoms. The van der Waals surface area contributed by atoms with Crippen molar-refractivity contribution in [2.24, 2.45) is 5.10 Å². The van der Waals surface area contributed by atoms with E-state index >= 15 is 0 Å². The van der Waals surface area contributed by atoms with Crippen molar-refractivity contribution in [1.29, 1.82) is 0 Å². The quantitative estimate of drug-likeness (QED) is 0.453. The topological polar surface area (TPSA) is 41.9 Å². The van der Waals surface area contributed by atoms with E-state index in [4.69, 9.17) is 21.4 Å². The van der Waals surface area contributed by atoms with Crippen LogP contribution in [0.25, 0.3) is 0 Å². The van der Waals surface area contributed by atoms with Crippen molar-refractivity contribution in [2.75, 3.05) is 0 Å². The summed E-state index contributed by atoms with van der Waals surface area (Å²) < 4.78 is 7.14. The van der Waals surface area contributed by atoms with Gasteiger partial charge < -0.3 is 4.74 Å². The summed E-state index contributed by atoms with van der Waals surface area (Å²) in [5, 5.41) is 7.21. The number of hydrogen-bond donors (Lipinski definition) is 0. The predicted octanol–water partition coefficient (Wildman–Crippen LogP) is 5.86. The van der Waals surface area contributed by atoms with Crippen molar-refractivity contribution in [2.45, 2.75) is 18.7 Å². The predicted molar refractivity (Wildman–Crippen MR) is 117 cm³/mol. The molecular formula is C23H16BrClN2O2. The Balaban J connectivity index is 1.55. The zero-order chi connectivity index (χ0) is 20.0. The molecule has 0 amide bonds. The zero-order valence-corrected chi connectivity index (χ0v) is 17.6. The number of carbonyl (C=O) groups excluding carboxylic acids is 1. The van der Waals surface area contributed by atoms with Crippen LogP contribution >= 0.6 is 27.5 Å². The molecule has 0 aromatic heterocycles. The van der Waals surface area contributed by atoms with Gasteiger partial charge in [0.05, 0.1) is 11.8 Å². The maximum Gasteiger partial charge on any atom is 0.251 e. The van der Waals surface area contributed by atoms with Gasteiger partial charge in [-0.25, -0.2) is 5.01 Å². The molecule has 2 aliphatic rings.